The third-order valence-electron chi connectivity index (χ3n) is 2.40. The number of ether oxygens (including phenoxy) is 2. The first-order valence-electron chi connectivity index (χ1n) is 4.97. The molecule has 0 aromatic rings. The molecule has 0 radical (unpaired) electrons. The first-order valence-corrected chi connectivity index (χ1v) is 4.97. The van der Waals surface area contributed by atoms with Crippen LogP contribution in [0.3, 0.4) is 0 Å². The molecule has 4 nitrogen and oxygen atoms in total. The largest absolute Gasteiger partial charge is 0.492 e. The fourth-order valence-corrected chi connectivity index (χ4v) is 1.73. The van der Waals surface area contributed by atoms with Crippen molar-refractivity contribution < 1.29 is 9.47 Å². The van der Waals surface area contributed by atoms with E-state index >= 15 is 0 Å². The zero-order chi connectivity index (χ0) is 9.97. The van der Waals surface area contributed by atoms with Gasteiger partial charge in [0, 0.05) is 18.4 Å². The van der Waals surface area contributed by atoms with Gasteiger partial charge in [-0.2, -0.15) is 0 Å². The quantitative estimate of drug-likeness (QED) is 0.674. The Bertz CT molecular complexity index is 273. The summed E-state index contributed by atoms with van der Waals surface area (Å²) in [4.78, 5) is 0. The van der Waals surface area contributed by atoms with Crippen molar-refractivity contribution in [2.75, 3.05) is 13.2 Å². The Morgan fingerprint density at radius 2 is 2.57 bits per heavy atom. The van der Waals surface area contributed by atoms with Crippen molar-refractivity contribution in [3.63, 3.8) is 0 Å². The molecule has 0 bridgehead atoms. The van der Waals surface area contributed by atoms with E-state index in [0.717, 1.165) is 17.9 Å². The monoisotopic (exact) mass is 196 g/mol. The molecule has 0 spiro atoms. The van der Waals surface area contributed by atoms with E-state index in [0.29, 0.717) is 13.2 Å². The summed E-state index contributed by atoms with van der Waals surface area (Å²) in [6.45, 7) is 3.24. The number of nitrogens with one attached hydrogen (secondary N) is 1. The zero-order valence-electron chi connectivity index (χ0n) is 8.32. The van der Waals surface area contributed by atoms with E-state index in [2.05, 4.69) is 5.32 Å². The topological polar surface area (TPSA) is 56.5 Å². The van der Waals surface area contributed by atoms with Crippen molar-refractivity contribution >= 4 is 0 Å². The molecule has 2 rings (SSSR count). The molecular formula is C10H16N2O2. The molecule has 0 aromatic carbocycles. The van der Waals surface area contributed by atoms with Crippen LogP contribution in [0, 0.1) is 0 Å². The van der Waals surface area contributed by atoms with Crippen LogP contribution in [-0.2, 0) is 9.47 Å². The molecule has 3 N–H and O–H groups in total. The van der Waals surface area contributed by atoms with Crippen LogP contribution in [-0.4, -0.2) is 25.5 Å². The van der Waals surface area contributed by atoms with Gasteiger partial charge in [0.15, 0.2) is 0 Å². The molecule has 1 heterocycles. The van der Waals surface area contributed by atoms with Crippen molar-refractivity contribution in [1.82, 2.24) is 5.32 Å². The minimum Gasteiger partial charge on any atom is -0.492 e. The molecule has 0 saturated carbocycles. The van der Waals surface area contributed by atoms with Crippen molar-refractivity contribution in [3.8, 4) is 0 Å². The fraction of sp³-hybridized carbons (Fsp3) is 0.600. The Balaban J connectivity index is 1.98. The van der Waals surface area contributed by atoms with Gasteiger partial charge < -0.3 is 15.2 Å². The predicted octanol–water partition coefficient (Wildman–Crippen LogP) is 0.468. The Morgan fingerprint density at radius 3 is 3.36 bits per heavy atom. The van der Waals surface area contributed by atoms with Crippen LogP contribution >= 0.6 is 0 Å². The highest BCUT2D eigenvalue weighted by molar-refractivity contribution is 5.27. The molecule has 1 aliphatic heterocycles. The third-order valence-corrected chi connectivity index (χ3v) is 2.40. The third kappa shape index (κ3) is 1.91. The number of hydrogen-bond donors (Lipinski definition) is 2. The van der Waals surface area contributed by atoms with Gasteiger partial charge in [0.1, 0.15) is 18.6 Å². The normalized spacial score (nSPS) is 31.2. The fourth-order valence-electron chi connectivity index (χ4n) is 1.73. The van der Waals surface area contributed by atoms with Gasteiger partial charge in [-0.05, 0) is 13.3 Å². The van der Waals surface area contributed by atoms with E-state index in [-0.39, 0.29) is 12.3 Å². The maximum absolute atomic E-state index is 5.68. The molecule has 14 heavy (non-hydrogen) atoms. The van der Waals surface area contributed by atoms with Crippen LogP contribution in [0.25, 0.3) is 0 Å². The number of nitrogens with two attached hydrogens (primary N) is 1. The van der Waals surface area contributed by atoms with Gasteiger partial charge in [0.2, 0.25) is 0 Å². The van der Waals surface area contributed by atoms with Crippen LogP contribution in [0.4, 0.5) is 0 Å². The van der Waals surface area contributed by atoms with Crippen LogP contribution < -0.4 is 11.1 Å². The standard InChI is InChI=1S/C10H16N2O2/c1-2-13-10-6-14-9-5-7(11)3-4-8(9)12-10/h3,5,8,10,12H,2,4,6,11H2,1H3/t8?,10-/m1/s1. The molecule has 1 saturated heterocycles. The summed E-state index contributed by atoms with van der Waals surface area (Å²) in [6, 6.07) is 0.229. The van der Waals surface area contributed by atoms with Crippen LogP contribution in [0.1, 0.15) is 13.3 Å². The van der Waals surface area contributed by atoms with Crippen molar-refractivity contribution in [2.24, 2.45) is 5.73 Å². The first kappa shape index (κ1) is 9.55. The molecular weight excluding hydrogens is 180 g/mol. The maximum Gasteiger partial charge on any atom is 0.143 e. The lowest BCUT2D eigenvalue weighted by atomic mass is 10.0. The van der Waals surface area contributed by atoms with E-state index in [1.165, 1.54) is 0 Å². The van der Waals surface area contributed by atoms with Crippen molar-refractivity contribution in [2.45, 2.75) is 25.6 Å². The highest BCUT2D eigenvalue weighted by Crippen LogP contribution is 2.21. The Kier molecular flexibility index (Phi) is 2.74. The molecule has 1 unspecified atom stereocenters. The van der Waals surface area contributed by atoms with E-state index < -0.39 is 0 Å². The highest BCUT2D eigenvalue weighted by atomic mass is 16.5. The average Bonchev–Trinajstić information content (AvgIpc) is 2.19. The van der Waals surface area contributed by atoms with E-state index in [1.54, 1.807) is 0 Å². The summed E-state index contributed by atoms with van der Waals surface area (Å²) >= 11 is 0. The minimum absolute atomic E-state index is 0.00914. The van der Waals surface area contributed by atoms with Gasteiger partial charge in [-0.1, -0.05) is 6.08 Å². The Morgan fingerprint density at radius 1 is 1.71 bits per heavy atom. The highest BCUT2D eigenvalue weighted by Gasteiger charge is 2.27. The number of fused-ring (bicyclic) bond motifs is 1. The molecule has 78 valence electrons. The SMILES string of the molecule is CCO[C@@H]1COC2=CC(N)=CCC2N1. The minimum atomic E-state index is 0.00914. The Hall–Kier alpha value is -1.00. The van der Waals surface area contributed by atoms with Gasteiger partial charge in [0.05, 0.1) is 6.04 Å². The van der Waals surface area contributed by atoms with Gasteiger partial charge in [-0.25, -0.2) is 0 Å². The summed E-state index contributed by atoms with van der Waals surface area (Å²) in [5.74, 6) is 0.931. The van der Waals surface area contributed by atoms with Crippen LogP contribution in [0.5, 0.6) is 0 Å². The van der Waals surface area contributed by atoms with Gasteiger partial charge >= 0.3 is 0 Å². The molecule has 0 aromatic heterocycles. The second-order valence-electron chi connectivity index (χ2n) is 3.46. The van der Waals surface area contributed by atoms with Crippen molar-refractivity contribution in [1.29, 1.82) is 0 Å². The van der Waals surface area contributed by atoms with E-state index in [9.17, 15) is 0 Å². The first-order chi connectivity index (χ1) is 6.79. The van der Waals surface area contributed by atoms with Gasteiger partial charge in [-0.3, -0.25) is 5.32 Å². The van der Waals surface area contributed by atoms with Gasteiger partial charge in [-0.15, -0.1) is 0 Å². The number of rotatable bonds is 2. The number of allylic oxidation sites excluding steroid dienone is 1. The smallest absolute Gasteiger partial charge is 0.143 e. The van der Waals surface area contributed by atoms with E-state index in [4.69, 9.17) is 15.2 Å². The van der Waals surface area contributed by atoms with E-state index in [1.807, 2.05) is 19.1 Å². The molecule has 2 atom stereocenters. The zero-order valence-corrected chi connectivity index (χ0v) is 8.32. The number of hydrogen-bond acceptors (Lipinski definition) is 4. The summed E-state index contributed by atoms with van der Waals surface area (Å²) in [5, 5.41) is 3.36. The molecule has 2 aliphatic rings. The molecule has 0 amide bonds. The lowest BCUT2D eigenvalue weighted by Crippen LogP contribution is -2.49. The van der Waals surface area contributed by atoms with Crippen LogP contribution in [0.2, 0.25) is 0 Å². The second kappa shape index (κ2) is 4.02. The average molecular weight is 196 g/mol. The molecule has 4 heteroatoms. The molecule has 1 aliphatic carbocycles. The summed E-state index contributed by atoms with van der Waals surface area (Å²) in [6.07, 6.45) is 4.76. The van der Waals surface area contributed by atoms with Gasteiger partial charge in [0.25, 0.3) is 0 Å². The Labute approximate surface area is 83.7 Å². The number of morpholine rings is 1. The maximum atomic E-state index is 5.68. The summed E-state index contributed by atoms with van der Waals surface area (Å²) < 4.78 is 11.0. The lowest BCUT2D eigenvalue weighted by molar-refractivity contribution is -0.0476. The molecule has 1 fully saturated rings. The second-order valence-corrected chi connectivity index (χ2v) is 3.46. The van der Waals surface area contributed by atoms with Crippen molar-refractivity contribution in [3.05, 3.63) is 23.6 Å². The summed E-state index contributed by atoms with van der Waals surface area (Å²) in [7, 11) is 0. The lowest BCUT2D eigenvalue weighted by Gasteiger charge is -2.34. The van der Waals surface area contributed by atoms with Crippen LogP contribution in [0.15, 0.2) is 23.6 Å². The summed E-state index contributed by atoms with van der Waals surface area (Å²) in [5.41, 5.74) is 6.47. The predicted molar refractivity (Wildman–Crippen MR) is 53.3 cm³/mol.